The number of rotatable bonds is 13. The number of anilines is 1. The average molecular weight is 572 g/mol. The van der Waals surface area contributed by atoms with Crippen LogP contribution in [-0.2, 0) is 16.0 Å². The third kappa shape index (κ3) is 7.77. The van der Waals surface area contributed by atoms with Crippen molar-refractivity contribution >= 4 is 46.6 Å². The quantitative estimate of drug-likeness (QED) is 0.134. The monoisotopic (exact) mass is 570 g/mol. The summed E-state index contributed by atoms with van der Waals surface area (Å²) in [6.07, 6.45) is 2.42. The maximum absolute atomic E-state index is 13.0. The molecule has 8 nitrogen and oxygen atoms in total. The summed E-state index contributed by atoms with van der Waals surface area (Å²) in [5.74, 6) is 1.04. The largest absolute Gasteiger partial charge is 0.467 e. The van der Waals surface area contributed by atoms with Gasteiger partial charge in [-0.15, -0.1) is 23.2 Å². The number of esters is 1. The second kappa shape index (κ2) is 13.5. The summed E-state index contributed by atoms with van der Waals surface area (Å²) in [5.41, 5.74) is 9.54. The van der Waals surface area contributed by atoms with Gasteiger partial charge >= 0.3 is 5.97 Å². The van der Waals surface area contributed by atoms with Gasteiger partial charge in [0, 0.05) is 48.1 Å². The average Bonchev–Trinajstić information content (AvgIpc) is 3.63. The number of hydrogen-bond acceptors (Lipinski definition) is 6. The van der Waals surface area contributed by atoms with Gasteiger partial charge in [-0.1, -0.05) is 36.4 Å². The molecule has 3 aromatic rings. The summed E-state index contributed by atoms with van der Waals surface area (Å²) in [6, 6.07) is 17.9. The molecule has 1 aliphatic rings. The third-order valence-electron chi connectivity index (χ3n) is 6.40. The van der Waals surface area contributed by atoms with E-state index in [0.717, 1.165) is 35.2 Å². The van der Waals surface area contributed by atoms with Gasteiger partial charge in [0.1, 0.15) is 17.6 Å². The van der Waals surface area contributed by atoms with Crippen molar-refractivity contribution in [3.8, 4) is 11.3 Å². The summed E-state index contributed by atoms with van der Waals surface area (Å²) in [7, 11) is 1.29. The van der Waals surface area contributed by atoms with E-state index in [0.29, 0.717) is 42.5 Å². The Labute approximate surface area is 238 Å². The fourth-order valence-corrected chi connectivity index (χ4v) is 4.52. The summed E-state index contributed by atoms with van der Waals surface area (Å²) in [4.78, 5) is 32.0. The lowest BCUT2D eigenvalue weighted by Gasteiger charge is -2.23. The number of amidine groups is 1. The summed E-state index contributed by atoms with van der Waals surface area (Å²) in [5, 5.41) is 2.74. The van der Waals surface area contributed by atoms with Crippen LogP contribution in [0.5, 0.6) is 0 Å². The highest BCUT2D eigenvalue weighted by molar-refractivity contribution is 6.18. The number of hydrogen-bond donors (Lipinski definition) is 2. The molecule has 1 amide bonds. The van der Waals surface area contributed by atoms with Crippen LogP contribution in [0.2, 0.25) is 0 Å². The van der Waals surface area contributed by atoms with Crippen LogP contribution in [-0.4, -0.2) is 61.8 Å². The van der Waals surface area contributed by atoms with Crippen molar-refractivity contribution in [2.45, 2.75) is 31.3 Å². The lowest BCUT2D eigenvalue weighted by molar-refractivity contribution is -0.142. The number of carbonyl (C=O) groups excluding carboxylic acids is 2. The van der Waals surface area contributed by atoms with Gasteiger partial charge in [-0.3, -0.25) is 9.79 Å². The van der Waals surface area contributed by atoms with Gasteiger partial charge in [0.25, 0.3) is 5.91 Å². The van der Waals surface area contributed by atoms with Crippen LogP contribution < -0.4 is 16.0 Å². The topological polar surface area (TPSA) is 110 Å². The van der Waals surface area contributed by atoms with E-state index in [4.69, 9.17) is 38.1 Å². The number of halogens is 2. The number of nitrogens with zero attached hydrogens (tertiary/aromatic N) is 2. The Morgan fingerprint density at radius 2 is 1.72 bits per heavy atom. The van der Waals surface area contributed by atoms with Crippen molar-refractivity contribution < 1.29 is 18.7 Å². The van der Waals surface area contributed by atoms with Gasteiger partial charge < -0.3 is 25.1 Å². The molecule has 0 bridgehead atoms. The first-order chi connectivity index (χ1) is 18.9. The minimum atomic E-state index is -0.892. The predicted octanol–water partition coefficient (Wildman–Crippen LogP) is 4.61. The zero-order valence-corrected chi connectivity index (χ0v) is 23.3. The first-order valence-electron chi connectivity index (χ1n) is 12.8. The lowest BCUT2D eigenvalue weighted by Crippen LogP contribution is -2.43. The van der Waals surface area contributed by atoms with Crippen molar-refractivity contribution in [3.05, 3.63) is 77.6 Å². The van der Waals surface area contributed by atoms with E-state index in [-0.39, 0.29) is 12.2 Å². The van der Waals surface area contributed by atoms with Gasteiger partial charge in [-0.25, -0.2) is 4.79 Å². The number of methoxy groups -OCH3 is 1. The maximum atomic E-state index is 13.0. The molecule has 1 fully saturated rings. The summed E-state index contributed by atoms with van der Waals surface area (Å²) < 4.78 is 10.7. The van der Waals surface area contributed by atoms with E-state index >= 15 is 0 Å². The number of alkyl halides is 2. The highest BCUT2D eigenvalue weighted by Crippen LogP contribution is 2.25. The molecule has 0 saturated heterocycles. The number of benzene rings is 2. The molecule has 3 N–H and O–H groups in total. The van der Waals surface area contributed by atoms with Crippen LogP contribution in [0.15, 0.2) is 70.1 Å². The van der Waals surface area contributed by atoms with Crippen LogP contribution in [0, 0.1) is 0 Å². The van der Waals surface area contributed by atoms with Crippen molar-refractivity contribution in [3.63, 3.8) is 0 Å². The van der Waals surface area contributed by atoms with Crippen molar-refractivity contribution in [2.75, 3.05) is 36.9 Å². The molecule has 2 aromatic carbocycles. The van der Waals surface area contributed by atoms with Crippen molar-refractivity contribution in [1.29, 1.82) is 0 Å². The summed E-state index contributed by atoms with van der Waals surface area (Å²) >= 11 is 11.8. The molecule has 1 aromatic heterocycles. The number of aliphatic imine (C=N–C) groups is 1. The Hall–Kier alpha value is -3.49. The minimum absolute atomic E-state index is 0.0888. The third-order valence-corrected chi connectivity index (χ3v) is 6.74. The smallest absolute Gasteiger partial charge is 0.328 e. The molecule has 1 aliphatic carbocycles. The van der Waals surface area contributed by atoms with Crippen molar-refractivity contribution in [1.82, 2.24) is 5.32 Å². The van der Waals surface area contributed by atoms with Gasteiger partial charge in [0.05, 0.1) is 13.2 Å². The van der Waals surface area contributed by atoms with Gasteiger partial charge in [0.15, 0.2) is 5.76 Å². The number of carbonyl (C=O) groups is 2. The van der Waals surface area contributed by atoms with E-state index in [1.807, 2.05) is 48.5 Å². The number of nitrogens with one attached hydrogen (secondary N) is 1. The van der Waals surface area contributed by atoms with Crippen molar-refractivity contribution in [2.24, 2.45) is 10.7 Å². The molecule has 1 saturated carbocycles. The van der Waals surface area contributed by atoms with Crippen LogP contribution in [0.25, 0.3) is 11.3 Å². The number of amides is 1. The first-order valence-corrected chi connectivity index (χ1v) is 13.9. The molecule has 10 heteroatoms. The fourth-order valence-electron chi connectivity index (χ4n) is 4.11. The molecule has 0 spiro atoms. The van der Waals surface area contributed by atoms with Crippen LogP contribution >= 0.6 is 23.2 Å². The fraction of sp³-hybridized carbons (Fsp3) is 0.345. The molecular weight excluding hydrogens is 539 g/mol. The Bertz CT molecular complexity index is 1280. The minimum Gasteiger partial charge on any atom is -0.467 e. The summed E-state index contributed by atoms with van der Waals surface area (Å²) in [6.45, 7) is 1.35. The highest BCUT2D eigenvalue weighted by Gasteiger charge is 2.25. The Morgan fingerprint density at radius 3 is 2.31 bits per heavy atom. The zero-order valence-electron chi connectivity index (χ0n) is 21.7. The Kier molecular flexibility index (Phi) is 9.90. The van der Waals surface area contributed by atoms with Gasteiger partial charge in [0.2, 0.25) is 0 Å². The molecule has 1 heterocycles. The number of ether oxygens (including phenoxy) is 1. The first kappa shape index (κ1) is 28.5. The molecule has 39 heavy (non-hydrogen) atoms. The Balaban J connectivity index is 1.41. The van der Waals surface area contributed by atoms with E-state index in [9.17, 15) is 9.59 Å². The van der Waals surface area contributed by atoms with Gasteiger partial charge in [-0.2, -0.15) is 0 Å². The molecule has 4 rings (SSSR count). The normalized spacial score (nSPS) is 14.1. The zero-order chi connectivity index (χ0) is 27.8. The van der Waals surface area contributed by atoms with E-state index in [2.05, 4.69) is 15.2 Å². The second-order valence-electron chi connectivity index (χ2n) is 9.27. The van der Waals surface area contributed by atoms with Gasteiger partial charge in [-0.05, 0) is 42.7 Å². The highest BCUT2D eigenvalue weighted by atomic mass is 35.5. The standard InChI is InChI=1S/C29H32Cl2N4O4/c1-38-29(37)24(18-19-2-10-23(11-3-19)35(16-14-30)17-15-31)34-28(36)26-13-12-25(39-26)20-4-6-21(7-5-20)27(32)33-22-8-9-22/h2-7,10-13,22,24H,8-9,14-18H2,1H3,(H2,32,33)(H,34,36). The number of furan rings is 1. The number of nitrogens with two attached hydrogens (primary N) is 1. The SMILES string of the molecule is COC(=O)C(Cc1ccc(N(CCCl)CCCl)cc1)NC(=O)c1ccc(-c2ccc(C(N)=NC3CC3)cc2)o1. The van der Waals surface area contributed by atoms with E-state index in [1.54, 1.807) is 12.1 Å². The predicted molar refractivity (Wildman–Crippen MR) is 155 cm³/mol. The molecule has 1 atom stereocenters. The van der Waals surface area contributed by atoms with Crippen LogP contribution in [0.1, 0.15) is 34.5 Å². The lowest BCUT2D eigenvalue weighted by atomic mass is 10.0. The molecule has 0 radical (unpaired) electrons. The molecule has 206 valence electrons. The van der Waals surface area contributed by atoms with E-state index in [1.165, 1.54) is 7.11 Å². The van der Waals surface area contributed by atoms with E-state index < -0.39 is 17.9 Å². The Morgan fingerprint density at radius 1 is 1.05 bits per heavy atom. The second-order valence-corrected chi connectivity index (χ2v) is 10.0. The van der Waals surface area contributed by atoms with Crippen LogP contribution in [0.3, 0.4) is 0 Å². The molecule has 1 unspecified atom stereocenters. The van der Waals surface area contributed by atoms with Crippen LogP contribution in [0.4, 0.5) is 5.69 Å². The molecule has 0 aliphatic heterocycles. The molecular formula is C29H32Cl2N4O4. The maximum Gasteiger partial charge on any atom is 0.328 e.